The highest BCUT2D eigenvalue weighted by atomic mass is 19.2. The number of halogens is 2. The van der Waals surface area contributed by atoms with E-state index in [4.69, 9.17) is 5.73 Å². The van der Waals surface area contributed by atoms with E-state index in [9.17, 15) is 8.78 Å². The molecule has 0 aromatic heterocycles. The second kappa shape index (κ2) is 5.78. The number of hydrogen-bond donors (Lipinski definition) is 1. The number of nitrogens with two attached hydrogens (primary N) is 1. The maximum absolute atomic E-state index is 13.5. The van der Waals surface area contributed by atoms with E-state index in [1.165, 1.54) is 12.1 Å². The molecule has 0 saturated heterocycles. The van der Waals surface area contributed by atoms with Gasteiger partial charge in [-0.25, -0.2) is 8.78 Å². The molecule has 1 atom stereocenters. The second-order valence-electron chi connectivity index (χ2n) is 6.33. The minimum atomic E-state index is -0.823. The fourth-order valence-electron chi connectivity index (χ4n) is 3.31. The van der Waals surface area contributed by atoms with Gasteiger partial charge in [0.05, 0.1) is 0 Å². The first-order chi connectivity index (χ1) is 9.36. The van der Waals surface area contributed by atoms with Crippen LogP contribution in [0.3, 0.4) is 0 Å². The van der Waals surface area contributed by atoms with Gasteiger partial charge >= 0.3 is 0 Å². The Kier molecular flexibility index (Phi) is 4.45. The van der Waals surface area contributed by atoms with Crippen LogP contribution < -0.4 is 5.73 Å². The first-order valence-corrected chi connectivity index (χ1v) is 7.25. The molecular formula is C16H24F2N2. The van der Waals surface area contributed by atoms with Crippen LogP contribution in [0.15, 0.2) is 18.2 Å². The lowest BCUT2D eigenvalue weighted by Gasteiger charge is -2.48. The molecule has 1 aliphatic carbocycles. The van der Waals surface area contributed by atoms with Gasteiger partial charge in [-0.2, -0.15) is 0 Å². The summed E-state index contributed by atoms with van der Waals surface area (Å²) in [5.74, 6) is -0.937. The molecule has 1 unspecified atom stereocenters. The predicted octanol–water partition coefficient (Wildman–Crippen LogP) is 3.48. The summed E-state index contributed by atoms with van der Waals surface area (Å²) < 4.78 is 26.5. The van der Waals surface area contributed by atoms with Crippen LogP contribution in [0.4, 0.5) is 8.78 Å². The Morgan fingerprint density at radius 2 is 1.80 bits per heavy atom. The molecule has 1 aromatic carbocycles. The molecular weight excluding hydrogens is 258 g/mol. The van der Waals surface area contributed by atoms with Crippen molar-refractivity contribution in [3.63, 3.8) is 0 Å². The van der Waals surface area contributed by atoms with Crippen molar-refractivity contribution in [3.8, 4) is 0 Å². The zero-order chi connectivity index (χ0) is 14.9. The molecule has 0 spiro atoms. The van der Waals surface area contributed by atoms with E-state index in [-0.39, 0.29) is 11.6 Å². The molecule has 112 valence electrons. The third-order valence-corrected chi connectivity index (χ3v) is 4.91. The van der Waals surface area contributed by atoms with Crippen LogP contribution in [-0.2, 0) is 0 Å². The van der Waals surface area contributed by atoms with Gasteiger partial charge in [0.25, 0.3) is 0 Å². The smallest absolute Gasteiger partial charge is 0.159 e. The van der Waals surface area contributed by atoms with Crippen molar-refractivity contribution >= 4 is 0 Å². The third-order valence-electron chi connectivity index (χ3n) is 4.91. The van der Waals surface area contributed by atoms with Crippen LogP contribution in [0.25, 0.3) is 0 Å². The van der Waals surface area contributed by atoms with E-state index in [0.717, 1.165) is 25.7 Å². The molecule has 2 rings (SSSR count). The maximum atomic E-state index is 13.5. The first-order valence-electron chi connectivity index (χ1n) is 7.25. The average molecular weight is 282 g/mol. The lowest BCUT2D eigenvalue weighted by molar-refractivity contribution is 0.0563. The predicted molar refractivity (Wildman–Crippen MR) is 77.3 cm³/mol. The van der Waals surface area contributed by atoms with E-state index < -0.39 is 11.6 Å². The van der Waals surface area contributed by atoms with Crippen LogP contribution in [0.2, 0.25) is 0 Å². The van der Waals surface area contributed by atoms with Crippen LogP contribution in [0.5, 0.6) is 0 Å². The molecule has 0 radical (unpaired) electrons. The van der Waals surface area contributed by atoms with Gasteiger partial charge in [-0.15, -0.1) is 0 Å². The van der Waals surface area contributed by atoms with E-state index in [1.54, 1.807) is 6.07 Å². The second-order valence-corrected chi connectivity index (χ2v) is 6.33. The molecule has 2 N–H and O–H groups in total. The van der Waals surface area contributed by atoms with Gasteiger partial charge < -0.3 is 10.6 Å². The molecule has 4 heteroatoms. The molecule has 0 heterocycles. The van der Waals surface area contributed by atoms with Crippen molar-refractivity contribution in [1.29, 1.82) is 0 Å². The van der Waals surface area contributed by atoms with Crippen LogP contribution >= 0.6 is 0 Å². The quantitative estimate of drug-likeness (QED) is 0.919. The van der Waals surface area contributed by atoms with E-state index >= 15 is 0 Å². The molecule has 1 saturated carbocycles. The Balaban J connectivity index is 2.31. The van der Waals surface area contributed by atoms with E-state index in [2.05, 4.69) is 11.8 Å². The molecule has 1 fully saturated rings. The summed E-state index contributed by atoms with van der Waals surface area (Å²) in [6, 6.07) is 3.70. The lowest BCUT2D eigenvalue weighted by Crippen LogP contribution is -2.54. The van der Waals surface area contributed by atoms with Crippen molar-refractivity contribution in [1.82, 2.24) is 4.90 Å². The molecule has 0 bridgehead atoms. The Morgan fingerprint density at radius 3 is 2.30 bits per heavy atom. The highest BCUT2D eigenvalue weighted by Crippen LogP contribution is 2.42. The minimum Gasteiger partial charge on any atom is -0.322 e. The van der Waals surface area contributed by atoms with Gasteiger partial charge in [-0.05, 0) is 63.4 Å². The third kappa shape index (κ3) is 2.72. The fourth-order valence-corrected chi connectivity index (χ4v) is 3.31. The molecule has 0 aliphatic heterocycles. The standard InChI is InChI=1S/C16H24F2N2/c1-11-6-8-16(9-7-11,20(2)3)15(19)12-4-5-13(17)14(18)10-12/h4-5,10-11,15H,6-9,19H2,1-3H3. The highest BCUT2D eigenvalue weighted by Gasteiger charge is 2.42. The summed E-state index contributed by atoms with van der Waals surface area (Å²) in [5, 5.41) is 0. The topological polar surface area (TPSA) is 29.3 Å². The van der Waals surface area contributed by atoms with Gasteiger partial charge in [0, 0.05) is 11.6 Å². The monoisotopic (exact) mass is 282 g/mol. The summed E-state index contributed by atoms with van der Waals surface area (Å²) in [5.41, 5.74) is 6.94. The molecule has 20 heavy (non-hydrogen) atoms. The molecule has 1 aliphatic rings. The van der Waals surface area contributed by atoms with Crippen molar-refractivity contribution in [3.05, 3.63) is 35.4 Å². The zero-order valence-corrected chi connectivity index (χ0v) is 12.5. The Bertz CT molecular complexity index is 466. The summed E-state index contributed by atoms with van der Waals surface area (Å²) in [6.45, 7) is 2.25. The summed E-state index contributed by atoms with van der Waals surface area (Å²) >= 11 is 0. The number of hydrogen-bond acceptors (Lipinski definition) is 2. The van der Waals surface area contributed by atoms with Crippen LogP contribution in [0, 0.1) is 17.6 Å². The summed E-state index contributed by atoms with van der Waals surface area (Å²) in [7, 11) is 4.05. The van der Waals surface area contributed by atoms with E-state index in [1.807, 2.05) is 14.1 Å². The number of nitrogens with zero attached hydrogens (tertiary/aromatic N) is 1. The fraction of sp³-hybridized carbons (Fsp3) is 0.625. The van der Waals surface area contributed by atoms with Gasteiger partial charge in [0.15, 0.2) is 11.6 Å². The number of benzene rings is 1. The van der Waals surface area contributed by atoms with Crippen molar-refractivity contribution in [2.75, 3.05) is 14.1 Å². The average Bonchev–Trinajstić information content (AvgIpc) is 2.42. The van der Waals surface area contributed by atoms with Crippen LogP contribution in [-0.4, -0.2) is 24.5 Å². The molecule has 1 aromatic rings. The van der Waals surface area contributed by atoms with Gasteiger partial charge in [-0.3, -0.25) is 0 Å². The molecule has 2 nitrogen and oxygen atoms in total. The zero-order valence-electron chi connectivity index (χ0n) is 12.5. The Hall–Kier alpha value is -1.00. The normalized spacial score (nSPS) is 28.6. The lowest BCUT2D eigenvalue weighted by atomic mass is 9.70. The van der Waals surface area contributed by atoms with E-state index in [0.29, 0.717) is 11.5 Å². The first kappa shape index (κ1) is 15.4. The van der Waals surface area contributed by atoms with Gasteiger partial charge in [0.2, 0.25) is 0 Å². The van der Waals surface area contributed by atoms with Crippen molar-refractivity contribution in [2.24, 2.45) is 11.7 Å². The number of likely N-dealkylation sites (N-methyl/N-ethyl adjacent to an activating group) is 1. The maximum Gasteiger partial charge on any atom is 0.159 e. The molecule has 0 amide bonds. The minimum absolute atomic E-state index is 0.170. The Labute approximate surface area is 120 Å². The summed E-state index contributed by atoms with van der Waals surface area (Å²) in [6.07, 6.45) is 4.22. The number of rotatable bonds is 3. The Morgan fingerprint density at radius 1 is 1.20 bits per heavy atom. The van der Waals surface area contributed by atoms with Gasteiger partial charge in [-0.1, -0.05) is 13.0 Å². The van der Waals surface area contributed by atoms with Crippen molar-refractivity contribution < 1.29 is 8.78 Å². The highest BCUT2D eigenvalue weighted by molar-refractivity contribution is 5.25. The summed E-state index contributed by atoms with van der Waals surface area (Å²) in [4.78, 5) is 2.16. The SMILES string of the molecule is CC1CCC(C(N)c2ccc(F)c(F)c2)(N(C)C)CC1. The van der Waals surface area contributed by atoms with Crippen LogP contribution in [0.1, 0.15) is 44.2 Å². The van der Waals surface area contributed by atoms with Crippen molar-refractivity contribution in [2.45, 2.75) is 44.2 Å². The van der Waals surface area contributed by atoms with Gasteiger partial charge in [0.1, 0.15) is 0 Å². The largest absolute Gasteiger partial charge is 0.322 e.